The van der Waals surface area contributed by atoms with Crippen LogP contribution in [-0.4, -0.2) is 79.9 Å². The predicted molar refractivity (Wildman–Crippen MR) is 109 cm³/mol. The van der Waals surface area contributed by atoms with Crippen molar-refractivity contribution in [1.29, 1.82) is 0 Å². The largest absolute Gasteiger partial charge is 0.357 e. The van der Waals surface area contributed by atoms with Gasteiger partial charge in [0.2, 0.25) is 5.91 Å². The third-order valence-corrected chi connectivity index (χ3v) is 4.22. The standard InChI is InChI=1S/C20H35N5O/c1-6-21-20(24(5)17-19(26)25(7-2)8-3)22-14-15-23(4)16-18-12-10-9-11-13-18/h9-13H,6-8,14-17H2,1-5H3,(H,21,22). The minimum absolute atomic E-state index is 0.129. The monoisotopic (exact) mass is 361 g/mol. The second kappa shape index (κ2) is 12.3. The first-order valence-electron chi connectivity index (χ1n) is 9.51. The zero-order valence-electron chi connectivity index (χ0n) is 17.0. The van der Waals surface area contributed by atoms with Crippen LogP contribution >= 0.6 is 0 Å². The molecule has 1 rings (SSSR count). The number of likely N-dealkylation sites (N-methyl/N-ethyl adjacent to an activating group) is 3. The van der Waals surface area contributed by atoms with Gasteiger partial charge in [0, 0.05) is 39.8 Å². The van der Waals surface area contributed by atoms with E-state index in [2.05, 4.69) is 46.5 Å². The van der Waals surface area contributed by atoms with Crippen LogP contribution in [-0.2, 0) is 11.3 Å². The van der Waals surface area contributed by atoms with Gasteiger partial charge in [0.1, 0.15) is 0 Å². The summed E-state index contributed by atoms with van der Waals surface area (Å²) in [5.74, 6) is 0.908. The maximum absolute atomic E-state index is 12.3. The van der Waals surface area contributed by atoms with E-state index in [4.69, 9.17) is 0 Å². The van der Waals surface area contributed by atoms with E-state index in [0.29, 0.717) is 13.1 Å². The highest BCUT2D eigenvalue weighted by Crippen LogP contribution is 2.02. The lowest BCUT2D eigenvalue weighted by Gasteiger charge is -2.26. The van der Waals surface area contributed by atoms with Crippen molar-refractivity contribution < 1.29 is 4.79 Å². The fourth-order valence-electron chi connectivity index (χ4n) is 2.72. The van der Waals surface area contributed by atoms with Gasteiger partial charge < -0.3 is 20.0 Å². The molecule has 26 heavy (non-hydrogen) atoms. The van der Waals surface area contributed by atoms with Crippen molar-refractivity contribution in [3.8, 4) is 0 Å². The van der Waals surface area contributed by atoms with Crippen molar-refractivity contribution in [2.45, 2.75) is 27.3 Å². The van der Waals surface area contributed by atoms with Crippen molar-refractivity contribution in [3.05, 3.63) is 35.9 Å². The van der Waals surface area contributed by atoms with E-state index >= 15 is 0 Å². The van der Waals surface area contributed by atoms with Crippen LogP contribution in [0.1, 0.15) is 26.3 Å². The van der Waals surface area contributed by atoms with Gasteiger partial charge >= 0.3 is 0 Å². The van der Waals surface area contributed by atoms with Crippen molar-refractivity contribution in [2.75, 3.05) is 53.4 Å². The molecular weight excluding hydrogens is 326 g/mol. The molecule has 0 aliphatic heterocycles. The maximum Gasteiger partial charge on any atom is 0.242 e. The summed E-state index contributed by atoms with van der Waals surface area (Å²) in [6.07, 6.45) is 0. The quantitative estimate of drug-likeness (QED) is 0.511. The molecule has 0 bridgehead atoms. The third kappa shape index (κ3) is 7.87. The Hall–Kier alpha value is -2.08. The number of carbonyl (C=O) groups is 1. The first-order chi connectivity index (χ1) is 12.5. The molecule has 0 aliphatic rings. The number of hydrogen-bond acceptors (Lipinski definition) is 3. The number of nitrogens with zero attached hydrogens (tertiary/aromatic N) is 4. The molecule has 1 aromatic carbocycles. The number of rotatable bonds is 10. The highest BCUT2D eigenvalue weighted by molar-refractivity contribution is 5.86. The topological polar surface area (TPSA) is 51.2 Å². The minimum Gasteiger partial charge on any atom is -0.357 e. The molecule has 0 aromatic heterocycles. The Morgan fingerprint density at radius 1 is 1.08 bits per heavy atom. The fraction of sp³-hybridized carbons (Fsp3) is 0.600. The number of benzene rings is 1. The van der Waals surface area contributed by atoms with E-state index in [1.54, 1.807) is 0 Å². The third-order valence-electron chi connectivity index (χ3n) is 4.22. The lowest BCUT2D eigenvalue weighted by Crippen LogP contribution is -2.45. The number of aliphatic imine (C=N–C) groups is 1. The number of amides is 1. The zero-order chi connectivity index (χ0) is 19.4. The number of carbonyl (C=O) groups excluding carboxylic acids is 1. The Bertz CT molecular complexity index is 542. The Balaban J connectivity index is 2.54. The summed E-state index contributed by atoms with van der Waals surface area (Å²) in [5, 5.41) is 3.27. The number of hydrogen-bond donors (Lipinski definition) is 1. The van der Waals surface area contributed by atoms with Crippen LogP contribution < -0.4 is 5.32 Å². The summed E-state index contributed by atoms with van der Waals surface area (Å²) in [5.41, 5.74) is 1.30. The van der Waals surface area contributed by atoms with Crippen molar-refractivity contribution >= 4 is 11.9 Å². The summed E-state index contributed by atoms with van der Waals surface area (Å²) in [7, 11) is 4.01. The van der Waals surface area contributed by atoms with Gasteiger partial charge in [0.15, 0.2) is 5.96 Å². The Morgan fingerprint density at radius 3 is 2.31 bits per heavy atom. The van der Waals surface area contributed by atoms with Crippen LogP contribution in [0.15, 0.2) is 35.3 Å². The van der Waals surface area contributed by atoms with Gasteiger partial charge in [-0.25, -0.2) is 0 Å². The Kier molecular flexibility index (Phi) is 10.4. The highest BCUT2D eigenvalue weighted by atomic mass is 16.2. The summed E-state index contributed by atoms with van der Waals surface area (Å²) in [6, 6.07) is 10.4. The number of nitrogens with one attached hydrogen (secondary N) is 1. The average Bonchev–Trinajstić information content (AvgIpc) is 2.62. The molecule has 1 aromatic rings. The lowest BCUT2D eigenvalue weighted by molar-refractivity contribution is -0.131. The van der Waals surface area contributed by atoms with Gasteiger partial charge in [-0.3, -0.25) is 9.79 Å². The molecule has 1 amide bonds. The highest BCUT2D eigenvalue weighted by Gasteiger charge is 2.14. The Labute approximate surface area is 158 Å². The second-order valence-electron chi connectivity index (χ2n) is 6.38. The first kappa shape index (κ1) is 22.0. The molecule has 146 valence electrons. The average molecular weight is 362 g/mol. The zero-order valence-corrected chi connectivity index (χ0v) is 17.0. The molecule has 6 heteroatoms. The maximum atomic E-state index is 12.3. The van der Waals surface area contributed by atoms with Gasteiger partial charge in [-0.1, -0.05) is 30.3 Å². The van der Waals surface area contributed by atoms with E-state index in [1.165, 1.54) is 5.56 Å². The van der Waals surface area contributed by atoms with Crippen LogP contribution in [0, 0.1) is 0 Å². The van der Waals surface area contributed by atoms with Gasteiger partial charge in [-0.2, -0.15) is 0 Å². The summed E-state index contributed by atoms with van der Waals surface area (Å²) in [4.78, 5) is 23.0. The molecular formula is C20H35N5O. The van der Waals surface area contributed by atoms with E-state index in [9.17, 15) is 4.79 Å². The number of guanidine groups is 1. The molecule has 0 saturated carbocycles. The smallest absolute Gasteiger partial charge is 0.242 e. The van der Waals surface area contributed by atoms with Crippen LogP contribution in [0.3, 0.4) is 0 Å². The summed E-state index contributed by atoms with van der Waals surface area (Å²) < 4.78 is 0. The summed E-state index contributed by atoms with van der Waals surface area (Å²) >= 11 is 0. The van der Waals surface area contributed by atoms with Gasteiger partial charge in [-0.15, -0.1) is 0 Å². The molecule has 6 nitrogen and oxygen atoms in total. The van der Waals surface area contributed by atoms with Crippen LogP contribution in [0.25, 0.3) is 0 Å². The van der Waals surface area contributed by atoms with Gasteiger partial charge in [-0.05, 0) is 33.4 Å². The van der Waals surface area contributed by atoms with Crippen LogP contribution in [0.2, 0.25) is 0 Å². The van der Waals surface area contributed by atoms with E-state index in [0.717, 1.165) is 38.7 Å². The Morgan fingerprint density at radius 2 is 1.73 bits per heavy atom. The van der Waals surface area contributed by atoms with Crippen molar-refractivity contribution in [2.24, 2.45) is 4.99 Å². The van der Waals surface area contributed by atoms with Crippen molar-refractivity contribution in [3.63, 3.8) is 0 Å². The molecule has 0 spiro atoms. The SMILES string of the molecule is CCNC(=NCCN(C)Cc1ccccc1)N(C)CC(=O)N(CC)CC. The lowest BCUT2D eigenvalue weighted by atomic mass is 10.2. The fourth-order valence-corrected chi connectivity index (χ4v) is 2.72. The predicted octanol–water partition coefficient (Wildman–Crippen LogP) is 1.88. The van der Waals surface area contributed by atoms with Gasteiger partial charge in [0.25, 0.3) is 0 Å². The van der Waals surface area contributed by atoms with Crippen LogP contribution in [0.4, 0.5) is 0 Å². The molecule has 0 heterocycles. The minimum atomic E-state index is 0.129. The normalized spacial score (nSPS) is 11.5. The molecule has 0 atom stereocenters. The van der Waals surface area contributed by atoms with Gasteiger partial charge in [0.05, 0.1) is 13.1 Å². The molecule has 0 unspecified atom stereocenters. The van der Waals surface area contributed by atoms with Crippen molar-refractivity contribution in [1.82, 2.24) is 20.0 Å². The molecule has 0 aliphatic carbocycles. The molecule has 0 saturated heterocycles. The second-order valence-corrected chi connectivity index (χ2v) is 6.38. The van der Waals surface area contributed by atoms with Crippen LogP contribution in [0.5, 0.6) is 0 Å². The molecule has 1 N–H and O–H groups in total. The van der Waals surface area contributed by atoms with E-state index in [-0.39, 0.29) is 5.91 Å². The summed E-state index contributed by atoms with van der Waals surface area (Å²) in [6.45, 7) is 11.1. The van der Waals surface area contributed by atoms with E-state index in [1.807, 2.05) is 43.7 Å². The first-order valence-corrected chi connectivity index (χ1v) is 9.51. The van der Waals surface area contributed by atoms with E-state index < -0.39 is 0 Å². The molecule has 0 radical (unpaired) electrons. The molecule has 0 fully saturated rings.